The normalized spacial score (nSPS) is 37.7. The highest BCUT2D eigenvalue weighted by atomic mass is 16.6. The predicted molar refractivity (Wildman–Crippen MR) is 63.0 cm³/mol. The van der Waals surface area contributed by atoms with E-state index in [-0.39, 0.29) is 13.3 Å². The number of furan rings is 1. The van der Waals surface area contributed by atoms with Crippen LogP contribution in [-0.2, 0) is 4.74 Å². The van der Waals surface area contributed by atoms with Gasteiger partial charge in [0.2, 0.25) is 0 Å². The van der Waals surface area contributed by atoms with Crippen LogP contribution in [0.4, 0.5) is 0 Å². The molecular formula is C12H16N2O5. The van der Waals surface area contributed by atoms with Crippen molar-refractivity contribution in [2.75, 3.05) is 13.3 Å². The molecule has 0 aliphatic carbocycles. The van der Waals surface area contributed by atoms with Crippen LogP contribution in [0.2, 0.25) is 0 Å². The van der Waals surface area contributed by atoms with Gasteiger partial charge in [-0.3, -0.25) is 4.99 Å². The molecule has 0 saturated carbocycles. The van der Waals surface area contributed by atoms with E-state index in [4.69, 9.17) is 14.3 Å². The van der Waals surface area contributed by atoms with Crippen molar-refractivity contribution in [3.63, 3.8) is 0 Å². The number of hydrogen-bond acceptors (Lipinski definition) is 7. The van der Waals surface area contributed by atoms with Gasteiger partial charge in [0.1, 0.15) is 29.8 Å². The quantitative estimate of drug-likeness (QED) is 0.560. The maximum Gasteiger partial charge on any atom is 0.167 e. The number of fused-ring (bicyclic) bond motifs is 1. The molecule has 0 amide bonds. The SMILES string of the molecule is C[C@]1(O)C(N2C=c3occc3=NC2)O[C@H](CO)[C@H]1O. The lowest BCUT2D eigenvalue weighted by atomic mass is 9.96. The molecule has 19 heavy (non-hydrogen) atoms. The molecular weight excluding hydrogens is 252 g/mol. The highest BCUT2D eigenvalue weighted by Crippen LogP contribution is 2.33. The lowest BCUT2D eigenvalue weighted by molar-refractivity contribution is -0.114. The molecule has 7 nitrogen and oxygen atoms in total. The summed E-state index contributed by atoms with van der Waals surface area (Å²) in [7, 11) is 0. The molecule has 1 unspecified atom stereocenters. The third-order valence-corrected chi connectivity index (χ3v) is 3.60. The molecule has 1 aromatic heterocycles. The monoisotopic (exact) mass is 268 g/mol. The van der Waals surface area contributed by atoms with E-state index >= 15 is 0 Å². The summed E-state index contributed by atoms with van der Waals surface area (Å²) in [5.74, 6) is 0. The van der Waals surface area contributed by atoms with E-state index in [9.17, 15) is 10.2 Å². The van der Waals surface area contributed by atoms with Crippen LogP contribution in [0.5, 0.6) is 0 Å². The molecule has 3 heterocycles. The van der Waals surface area contributed by atoms with Crippen molar-refractivity contribution < 1.29 is 24.5 Å². The Bertz CT molecular complexity index is 581. The second kappa shape index (κ2) is 4.31. The molecule has 3 N–H and O–H groups in total. The Kier molecular flexibility index (Phi) is 2.86. The van der Waals surface area contributed by atoms with E-state index < -0.39 is 24.0 Å². The summed E-state index contributed by atoms with van der Waals surface area (Å²) in [5.41, 5.74) is -0.920. The van der Waals surface area contributed by atoms with E-state index in [0.717, 1.165) is 5.36 Å². The Hall–Kier alpha value is -1.41. The first kappa shape index (κ1) is 12.6. The minimum Gasteiger partial charge on any atom is -0.461 e. The third kappa shape index (κ3) is 1.86. The smallest absolute Gasteiger partial charge is 0.167 e. The van der Waals surface area contributed by atoms with Crippen LogP contribution in [0, 0.1) is 0 Å². The summed E-state index contributed by atoms with van der Waals surface area (Å²) in [6.07, 6.45) is 0.461. The van der Waals surface area contributed by atoms with Gasteiger partial charge in [-0.1, -0.05) is 0 Å². The van der Waals surface area contributed by atoms with E-state index in [0.29, 0.717) is 5.42 Å². The average molecular weight is 268 g/mol. The topological polar surface area (TPSA) is 98.7 Å². The van der Waals surface area contributed by atoms with Crippen LogP contribution in [0.1, 0.15) is 6.92 Å². The second-order valence-electron chi connectivity index (χ2n) is 4.99. The molecule has 7 heteroatoms. The van der Waals surface area contributed by atoms with E-state index in [2.05, 4.69) is 4.99 Å². The Morgan fingerprint density at radius 3 is 3.05 bits per heavy atom. The molecule has 1 fully saturated rings. The molecule has 4 atom stereocenters. The maximum absolute atomic E-state index is 10.4. The summed E-state index contributed by atoms with van der Waals surface area (Å²) in [4.78, 5) is 5.93. The molecule has 0 aromatic carbocycles. The number of aliphatic hydroxyl groups is 3. The first-order valence-electron chi connectivity index (χ1n) is 6.06. The van der Waals surface area contributed by atoms with Gasteiger partial charge in [-0.05, 0) is 6.92 Å². The van der Waals surface area contributed by atoms with Gasteiger partial charge in [0.05, 0.1) is 12.9 Å². The van der Waals surface area contributed by atoms with Gasteiger partial charge < -0.3 is 29.4 Å². The number of hydrogen-bond donors (Lipinski definition) is 3. The van der Waals surface area contributed by atoms with Crippen LogP contribution in [0.15, 0.2) is 21.7 Å². The third-order valence-electron chi connectivity index (χ3n) is 3.60. The van der Waals surface area contributed by atoms with Gasteiger partial charge in [0.25, 0.3) is 0 Å². The number of nitrogens with zero attached hydrogens (tertiary/aromatic N) is 2. The molecule has 0 bridgehead atoms. The lowest BCUT2D eigenvalue weighted by Gasteiger charge is -2.34. The van der Waals surface area contributed by atoms with Crippen molar-refractivity contribution in [1.82, 2.24) is 4.90 Å². The molecule has 1 aromatic rings. The summed E-state index contributed by atoms with van der Waals surface area (Å²) in [5, 5.41) is 30.2. The number of aliphatic hydroxyl groups excluding tert-OH is 2. The maximum atomic E-state index is 10.4. The average Bonchev–Trinajstić information content (AvgIpc) is 2.93. The van der Waals surface area contributed by atoms with Crippen molar-refractivity contribution in [1.29, 1.82) is 0 Å². The van der Waals surface area contributed by atoms with Gasteiger partial charge in [0, 0.05) is 12.3 Å². The van der Waals surface area contributed by atoms with Crippen molar-refractivity contribution in [2.24, 2.45) is 4.99 Å². The van der Waals surface area contributed by atoms with Gasteiger partial charge in [-0.15, -0.1) is 0 Å². The minimum atomic E-state index is -1.50. The van der Waals surface area contributed by atoms with Crippen LogP contribution >= 0.6 is 0 Å². The summed E-state index contributed by atoms with van der Waals surface area (Å²) >= 11 is 0. The van der Waals surface area contributed by atoms with Crippen LogP contribution < -0.4 is 10.8 Å². The minimum absolute atomic E-state index is 0.290. The van der Waals surface area contributed by atoms with Gasteiger partial charge >= 0.3 is 0 Å². The molecule has 1 saturated heterocycles. The molecule has 0 spiro atoms. The summed E-state index contributed by atoms with van der Waals surface area (Å²) in [6.45, 7) is 1.41. The summed E-state index contributed by atoms with van der Waals surface area (Å²) < 4.78 is 10.8. The zero-order chi connectivity index (χ0) is 13.6. The molecule has 104 valence electrons. The van der Waals surface area contributed by atoms with Crippen molar-refractivity contribution in [2.45, 2.75) is 31.0 Å². The highest BCUT2D eigenvalue weighted by Gasteiger charge is 2.53. The molecule has 2 aliphatic rings. The highest BCUT2D eigenvalue weighted by molar-refractivity contribution is 5.21. The zero-order valence-corrected chi connectivity index (χ0v) is 10.4. The van der Waals surface area contributed by atoms with E-state index in [1.54, 1.807) is 17.2 Å². The fourth-order valence-electron chi connectivity index (χ4n) is 2.49. The Balaban J connectivity index is 1.92. The standard InChI is InChI=1S/C12H16N2O5/c1-12(17)10(16)9(5-15)19-11(12)14-4-8-7(13-6-14)2-3-18-8/h2-4,9-11,15-17H,5-6H2,1H3/t9-,10-,11?,12-/m1/s1. The molecule has 2 aliphatic heterocycles. The Morgan fingerprint density at radius 2 is 2.37 bits per heavy atom. The fourth-order valence-corrected chi connectivity index (χ4v) is 2.49. The van der Waals surface area contributed by atoms with Crippen molar-refractivity contribution >= 4 is 6.20 Å². The van der Waals surface area contributed by atoms with Gasteiger partial charge in [-0.2, -0.15) is 0 Å². The van der Waals surface area contributed by atoms with Gasteiger partial charge in [-0.25, -0.2) is 0 Å². The number of rotatable bonds is 2. The molecule has 0 radical (unpaired) electrons. The van der Waals surface area contributed by atoms with Crippen LogP contribution in [-0.4, -0.2) is 57.5 Å². The predicted octanol–water partition coefficient (Wildman–Crippen LogP) is -2.26. The first-order chi connectivity index (χ1) is 9.04. The van der Waals surface area contributed by atoms with Crippen molar-refractivity contribution in [3.05, 3.63) is 23.1 Å². The van der Waals surface area contributed by atoms with E-state index in [1.165, 1.54) is 13.2 Å². The van der Waals surface area contributed by atoms with Crippen LogP contribution in [0.3, 0.4) is 0 Å². The van der Waals surface area contributed by atoms with E-state index in [1.807, 2.05) is 0 Å². The lowest BCUT2D eigenvalue weighted by Crippen LogP contribution is -2.53. The summed E-state index contributed by atoms with van der Waals surface area (Å²) in [6, 6.07) is 1.75. The first-order valence-corrected chi connectivity index (χ1v) is 6.06. The van der Waals surface area contributed by atoms with Crippen LogP contribution in [0.25, 0.3) is 6.20 Å². The zero-order valence-electron chi connectivity index (χ0n) is 10.4. The van der Waals surface area contributed by atoms with Gasteiger partial charge in [0.15, 0.2) is 11.6 Å². The van der Waals surface area contributed by atoms with Crippen molar-refractivity contribution in [3.8, 4) is 0 Å². The second-order valence-corrected chi connectivity index (χ2v) is 4.99. The number of ether oxygens (including phenoxy) is 1. The fraction of sp³-hybridized carbons (Fsp3) is 0.583. The largest absolute Gasteiger partial charge is 0.461 e. The Morgan fingerprint density at radius 1 is 1.58 bits per heavy atom. The Labute approximate surface area is 109 Å². The molecule has 3 rings (SSSR count).